The van der Waals surface area contributed by atoms with Gasteiger partial charge in [-0.05, 0) is 39.4 Å². The molecule has 0 radical (unpaired) electrons. The third kappa shape index (κ3) is 8.11. The Morgan fingerprint density at radius 1 is 1.36 bits per heavy atom. The van der Waals surface area contributed by atoms with Crippen LogP contribution < -0.4 is 0 Å². The van der Waals surface area contributed by atoms with E-state index in [2.05, 4.69) is 46.1 Å². The van der Waals surface area contributed by atoms with Crippen LogP contribution in [0.5, 0.6) is 0 Å². The van der Waals surface area contributed by atoms with Crippen LogP contribution in [0.25, 0.3) is 0 Å². The van der Waals surface area contributed by atoms with E-state index in [-0.39, 0.29) is 0 Å². The number of rotatable bonds is 6. The van der Waals surface area contributed by atoms with E-state index in [4.69, 9.17) is 4.43 Å². The monoisotopic (exact) mass is 212 g/mol. The largest absolute Gasteiger partial charge is 0.548 e. The fourth-order valence-electron chi connectivity index (χ4n) is 1.11. The Morgan fingerprint density at radius 2 is 1.93 bits per heavy atom. The van der Waals surface area contributed by atoms with Crippen molar-refractivity contribution in [1.29, 1.82) is 0 Å². The van der Waals surface area contributed by atoms with E-state index in [1.165, 1.54) is 5.57 Å². The molecule has 0 bridgehead atoms. The highest BCUT2D eigenvalue weighted by atomic mass is 28.4. The summed E-state index contributed by atoms with van der Waals surface area (Å²) in [6, 6.07) is 0. The number of allylic oxidation sites excluding steroid dienone is 3. The lowest BCUT2D eigenvalue weighted by Crippen LogP contribution is -2.24. The maximum absolute atomic E-state index is 5.77. The quantitative estimate of drug-likeness (QED) is 0.358. The molecule has 0 rings (SSSR count). The van der Waals surface area contributed by atoms with Crippen LogP contribution in [0.1, 0.15) is 33.1 Å². The molecule has 0 aromatic rings. The molecule has 1 nitrogen and oxygen atoms in total. The summed E-state index contributed by atoms with van der Waals surface area (Å²) >= 11 is 0. The molecule has 2 heteroatoms. The van der Waals surface area contributed by atoms with Crippen molar-refractivity contribution in [2.45, 2.75) is 52.8 Å². The van der Waals surface area contributed by atoms with Crippen molar-refractivity contribution in [3.05, 3.63) is 24.0 Å². The minimum absolute atomic E-state index is 0.948. The van der Waals surface area contributed by atoms with Crippen molar-refractivity contribution in [3.63, 3.8) is 0 Å². The van der Waals surface area contributed by atoms with Gasteiger partial charge in [0.05, 0.1) is 5.76 Å². The molecular formula is C12H24OSi. The van der Waals surface area contributed by atoms with Gasteiger partial charge in [-0.15, -0.1) is 0 Å². The summed E-state index contributed by atoms with van der Waals surface area (Å²) in [5.74, 6) is 0.948. The smallest absolute Gasteiger partial charge is 0.241 e. The second kappa shape index (κ2) is 6.07. The minimum Gasteiger partial charge on any atom is -0.548 e. The Hall–Kier alpha value is -0.503. The Balaban J connectivity index is 3.76. The first kappa shape index (κ1) is 13.5. The summed E-state index contributed by atoms with van der Waals surface area (Å²) in [5.41, 5.74) is 1.45. The van der Waals surface area contributed by atoms with Gasteiger partial charge in [0.2, 0.25) is 8.32 Å². The molecule has 0 amide bonds. The summed E-state index contributed by atoms with van der Waals surface area (Å²) in [6.45, 7) is 14.9. The maximum Gasteiger partial charge on any atom is 0.241 e. The Labute approximate surface area is 90.0 Å². The van der Waals surface area contributed by atoms with Crippen molar-refractivity contribution in [1.82, 2.24) is 0 Å². The summed E-state index contributed by atoms with van der Waals surface area (Å²) < 4.78 is 5.77. The average molecular weight is 212 g/mol. The molecule has 0 saturated heterocycles. The molecule has 0 spiro atoms. The molecular weight excluding hydrogens is 188 g/mol. The molecule has 0 aromatic carbocycles. The Bertz CT molecular complexity index is 211. The van der Waals surface area contributed by atoms with E-state index in [9.17, 15) is 0 Å². The van der Waals surface area contributed by atoms with Gasteiger partial charge < -0.3 is 4.43 Å². The Morgan fingerprint density at radius 3 is 2.36 bits per heavy atom. The van der Waals surface area contributed by atoms with E-state index in [1.54, 1.807) is 0 Å². The van der Waals surface area contributed by atoms with Crippen LogP contribution in [-0.2, 0) is 4.43 Å². The molecule has 0 fully saturated rings. The lowest BCUT2D eigenvalue weighted by molar-refractivity contribution is 0.403. The molecule has 0 N–H and O–H groups in total. The van der Waals surface area contributed by atoms with Gasteiger partial charge in [-0.1, -0.05) is 25.2 Å². The summed E-state index contributed by atoms with van der Waals surface area (Å²) in [5, 5.41) is 0. The van der Waals surface area contributed by atoms with E-state index in [0.717, 1.165) is 25.0 Å². The highest BCUT2D eigenvalue weighted by Gasteiger charge is 2.16. The lowest BCUT2D eigenvalue weighted by Gasteiger charge is -2.20. The van der Waals surface area contributed by atoms with Gasteiger partial charge >= 0.3 is 0 Å². The summed E-state index contributed by atoms with van der Waals surface area (Å²) in [4.78, 5) is 0. The van der Waals surface area contributed by atoms with Crippen LogP contribution in [0.3, 0.4) is 0 Å². The second-order valence-corrected chi connectivity index (χ2v) is 9.12. The van der Waals surface area contributed by atoms with Crippen molar-refractivity contribution < 1.29 is 4.43 Å². The van der Waals surface area contributed by atoms with Crippen LogP contribution >= 0.6 is 0 Å². The zero-order valence-corrected chi connectivity index (χ0v) is 11.3. The maximum atomic E-state index is 5.77. The molecule has 82 valence electrons. The van der Waals surface area contributed by atoms with E-state index in [1.807, 2.05) is 0 Å². The van der Waals surface area contributed by atoms with Crippen LogP contribution in [0, 0.1) is 0 Å². The lowest BCUT2D eigenvalue weighted by atomic mass is 10.1. The Kier molecular flexibility index (Phi) is 5.85. The topological polar surface area (TPSA) is 9.23 Å². The predicted octanol–water partition coefficient (Wildman–Crippen LogP) is 4.49. The van der Waals surface area contributed by atoms with Crippen molar-refractivity contribution >= 4 is 8.32 Å². The van der Waals surface area contributed by atoms with E-state index in [0.29, 0.717) is 0 Å². The predicted molar refractivity (Wildman–Crippen MR) is 66.9 cm³/mol. The molecule has 0 atom stereocenters. The second-order valence-electron chi connectivity index (χ2n) is 4.70. The summed E-state index contributed by atoms with van der Waals surface area (Å²) in [7, 11) is -1.43. The molecule has 0 heterocycles. The molecule has 0 saturated carbocycles. The summed E-state index contributed by atoms with van der Waals surface area (Å²) in [6.07, 6.45) is 5.44. The van der Waals surface area contributed by atoms with Gasteiger partial charge in [0.15, 0.2) is 0 Å². The van der Waals surface area contributed by atoms with Crippen LogP contribution in [0.4, 0.5) is 0 Å². The fourth-order valence-corrected chi connectivity index (χ4v) is 2.08. The van der Waals surface area contributed by atoms with Gasteiger partial charge in [-0.2, -0.15) is 0 Å². The van der Waals surface area contributed by atoms with Crippen LogP contribution in [0.15, 0.2) is 24.0 Å². The third-order valence-corrected chi connectivity index (χ3v) is 2.83. The van der Waals surface area contributed by atoms with Crippen molar-refractivity contribution in [2.24, 2.45) is 0 Å². The highest BCUT2D eigenvalue weighted by molar-refractivity contribution is 6.70. The molecule has 14 heavy (non-hydrogen) atoms. The molecule has 0 aliphatic heterocycles. The van der Waals surface area contributed by atoms with Gasteiger partial charge in [0.1, 0.15) is 0 Å². The third-order valence-electron chi connectivity index (χ3n) is 1.92. The van der Waals surface area contributed by atoms with E-state index >= 15 is 0 Å². The minimum atomic E-state index is -1.43. The normalized spacial score (nSPS) is 12.8. The van der Waals surface area contributed by atoms with Gasteiger partial charge in [0.25, 0.3) is 0 Å². The first-order valence-corrected chi connectivity index (χ1v) is 8.78. The standard InChI is InChI=1S/C12H24OSi/c1-7-11(2)9-8-10-12(3)13-14(4,5)6/h9H,3,7-8,10H2,1-2,4-6H3/b11-9+. The molecule has 0 aromatic heterocycles. The van der Waals surface area contributed by atoms with Crippen molar-refractivity contribution in [3.8, 4) is 0 Å². The van der Waals surface area contributed by atoms with Gasteiger partial charge in [-0.3, -0.25) is 0 Å². The molecule has 0 aliphatic rings. The van der Waals surface area contributed by atoms with Crippen LogP contribution in [-0.4, -0.2) is 8.32 Å². The van der Waals surface area contributed by atoms with Crippen LogP contribution in [0.2, 0.25) is 19.6 Å². The zero-order chi connectivity index (χ0) is 11.2. The average Bonchev–Trinajstić information content (AvgIpc) is 2.00. The molecule has 0 aliphatic carbocycles. The fraction of sp³-hybridized carbons (Fsp3) is 0.667. The van der Waals surface area contributed by atoms with Gasteiger partial charge in [0, 0.05) is 6.42 Å². The van der Waals surface area contributed by atoms with Crippen molar-refractivity contribution in [2.75, 3.05) is 0 Å². The SMILES string of the molecule is C=C(CC/C=C(\C)CC)O[Si](C)(C)C. The van der Waals surface area contributed by atoms with Gasteiger partial charge in [-0.25, -0.2) is 0 Å². The van der Waals surface area contributed by atoms with E-state index < -0.39 is 8.32 Å². The highest BCUT2D eigenvalue weighted by Crippen LogP contribution is 2.14. The zero-order valence-electron chi connectivity index (χ0n) is 10.3. The first-order chi connectivity index (χ1) is 6.35. The first-order valence-electron chi connectivity index (χ1n) is 5.37. The number of hydrogen-bond acceptors (Lipinski definition) is 1. The number of hydrogen-bond donors (Lipinski definition) is 0. The molecule has 0 unspecified atom stereocenters.